The van der Waals surface area contributed by atoms with Gasteiger partial charge in [0.25, 0.3) is 0 Å². The van der Waals surface area contributed by atoms with Gasteiger partial charge in [0.15, 0.2) is 5.96 Å². The van der Waals surface area contributed by atoms with Crippen LogP contribution < -0.4 is 10.6 Å². The normalized spacial score (nSPS) is 16.1. The minimum absolute atomic E-state index is 0. The van der Waals surface area contributed by atoms with Crippen LogP contribution in [0.5, 0.6) is 0 Å². The van der Waals surface area contributed by atoms with E-state index < -0.39 is 0 Å². The SMILES string of the molecule is C#Cc1cccc(NC(=O)CN=C(NCC)N2CCC(c3cnn(C)c3)C2)c1.I. The van der Waals surface area contributed by atoms with Crippen LogP contribution in [0, 0.1) is 12.3 Å². The van der Waals surface area contributed by atoms with Gasteiger partial charge in [0.05, 0.1) is 6.20 Å². The highest BCUT2D eigenvalue weighted by molar-refractivity contribution is 14.0. The number of hydrogen-bond acceptors (Lipinski definition) is 3. The van der Waals surface area contributed by atoms with Crippen molar-refractivity contribution in [1.82, 2.24) is 20.0 Å². The Balaban J connectivity index is 0.00000300. The van der Waals surface area contributed by atoms with E-state index in [0.717, 1.165) is 37.6 Å². The lowest BCUT2D eigenvalue weighted by molar-refractivity contribution is -0.114. The minimum Gasteiger partial charge on any atom is -0.357 e. The maximum Gasteiger partial charge on any atom is 0.246 e. The molecule has 154 valence electrons. The Morgan fingerprint density at radius 2 is 2.28 bits per heavy atom. The molecule has 1 aliphatic rings. The van der Waals surface area contributed by atoms with E-state index in [0.29, 0.717) is 11.6 Å². The average Bonchev–Trinajstić information content (AvgIpc) is 3.34. The third kappa shape index (κ3) is 6.22. The monoisotopic (exact) mass is 506 g/mol. The molecule has 0 radical (unpaired) electrons. The van der Waals surface area contributed by atoms with E-state index in [1.807, 2.05) is 43.0 Å². The molecule has 2 aromatic rings. The molecule has 0 bridgehead atoms. The Morgan fingerprint density at radius 3 is 2.97 bits per heavy atom. The fraction of sp³-hybridized carbons (Fsp3) is 0.381. The van der Waals surface area contributed by atoms with Crippen molar-refractivity contribution in [3.63, 3.8) is 0 Å². The Kier molecular flexibility index (Phi) is 8.51. The first-order valence-corrected chi connectivity index (χ1v) is 9.47. The second kappa shape index (κ2) is 10.9. The first-order chi connectivity index (χ1) is 13.6. The number of hydrogen-bond donors (Lipinski definition) is 2. The van der Waals surface area contributed by atoms with Gasteiger partial charge in [-0.25, -0.2) is 4.99 Å². The Hall–Kier alpha value is -2.54. The molecule has 8 heteroatoms. The van der Waals surface area contributed by atoms with Gasteiger partial charge in [-0.2, -0.15) is 5.10 Å². The van der Waals surface area contributed by atoms with E-state index >= 15 is 0 Å². The summed E-state index contributed by atoms with van der Waals surface area (Å²) in [7, 11) is 1.93. The number of carbonyl (C=O) groups excluding carboxylic acids is 1. The number of benzene rings is 1. The van der Waals surface area contributed by atoms with E-state index in [-0.39, 0.29) is 36.4 Å². The second-order valence-electron chi connectivity index (χ2n) is 6.82. The topological polar surface area (TPSA) is 74.6 Å². The maximum absolute atomic E-state index is 12.3. The quantitative estimate of drug-likeness (QED) is 0.283. The van der Waals surface area contributed by atoms with Crippen molar-refractivity contribution in [2.75, 3.05) is 31.5 Å². The van der Waals surface area contributed by atoms with Crippen LogP contribution >= 0.6 is 24.0 Å². The number of amides is 1. The highest BCUT2D eigenvalue weighted by Gasteiger charge is 2.27. The van der Waals surface area contributed by atoms with Crippen LogP contribution in [0.2, 0.25) is 0 Å². The Morgan fingerprint density at radius 1 is 1.45 bits per heavy atom. The van der Waals surface area contributed by atoms with E-state index in [9.17, 15) is 4.79 Å². The zero-order chi connectivity index (χ0) is 19.9. The lowest BCUT2D eigenvalue weighted by Gasteiger charge is -2.21. The van der Waals surface area contributed by atoms with Crippen LogP contribution in [0.4, 0.5) is 5.69 Å². The lowest BCUT2D eigenvalue weighted by atomic mass is 10.0. The zero-order valence-electron chi connectivity index (χ0n) is 16.8. The predicted molar refractivity (Wildman–Crippen MR) is 127 cm³/mol. The Bertz CT molecular complexity index is 901. The summed E-state index contributed by atoms with van der Waals surface area (Å²) < 4.78 is 1.83. The molecule has 2 heterocycles. The molecule has 0 spiro atoms. The summed E-state index contributed by atoms with van der Waals surface area (Å²) in [5.41, 5.74) is 2.65. The molecule has 29 heavy (non-hydrogen) atoms. The summed E-state index contributed by atoms with van der Waals surface area (Å²) in [6.45, 7) is 4.59. The number of guanidine groups is 1. The summed E-state index contributed by atoms with van der Waals surface area (Å²) in [6.07, 6.45) is 10.4. The van der Waals surface area contributed by atoms with Gasteiger partial charge in [0.1, 0.15) is 6.54 Å². The van der Waals surface area contributed by atoms with Crippen molar-refractivity contribution in [3.8, 4) is 12.3 Å². The van der Waals surface area contributed by atoms with E-state index in [4.69, 9.17) is 6.42 Å². The first-order valence-electron chi connectivity index (χ1n) is 9.47. The molecule has 1 aromatic heterocycles. The number of halogens is 1. The first kappa shape index (κ1) is 22.7. The summed E-state index contributed by atoms with van der Waals surface area (Å²) in [5.74, 6) is 3.58. The van der Waals surface area contributed by atoms with Crippen molar-refractivity contribution in [2.45, 2.75) is 19.3 Å². The third-order valence-corrected chi connectivity index (χ3v) is 4.70. The largest absolute Gasteiger partial charge is 0.357 e. The molecule has 1 aliphatic heterocycles. The molecule has 0 aliphatic carbocycles. The molecule has 1 amide bonds. The minimum atomic E-state index is -0.174. The van der Waals surface area contributed by atoms with Crippen LogP contribution in [0.1, 0.15) is 30.4 Å². The van der Waals surface area contributed by atoms with Gasteiger partial charge in [-0.1, -0.05) is 12.0 Å². The zero-order valence-corrected chi connectivity index (χ0v) is 19.1. The smallest absolute Gasteiger partial charge is 0.246 e. The summed E-state index contributed by atoms with van der Waals surface area (Å²) in [5, 5.41) is 10.4. The predicted octanol–water partition coefficient (Wildman–Crippen LogP) is 2.41. The van der Waals surface area contributed by atoms with E-state index in [1.165, 1.54) is 5.56 Å². The molecule has 1 unspecified atom stereocenters. The second-order valence-corrected chi connectivity index (χ2v) is 6.82. The summed E-state index contributed by atoms with van der Waals surface area (Å²) in [4.78, 5) is 19.0. The highest BCUT2D eigenvalue weighted by Crippen LogP contribution is 2.26. The molecule has 7 nitrogen and oxygen atoms in total. The van der Waals surface area contributed by atoms with Crippen LogP contribution in [0.3, 0.4) is 0 Å². The number of rotatable bonds is 5. The van der Waals surface area contributed by atoms with Gasteiger partial charge in [0.2, 0.25) is 5.91 Å². The molecule has 1 saturated heterocycles. The molecule has 1 fully saturated rings. The molecule has 2 N–H and O–H groups in total. The summed E-state index contributed by atoms with van der Waals surface area (Å²) in [6, 6.07) is 7.22. The van der Waals surface area contributed by atoms with Crippen molar-refractivity contribution in [3.05, 3.63) is 47.8 Å². The number of nitrogens with one attached hydrogen (secondary N) is 2. The lowest BCUT2D eigenvalue weighted by Crippen LogP contribution is -2.40. The van der Waals surface area contributed by atoms with E-state index in [2.05, 4.69) is 37.7 Å². The van der Waals surface area contributed by atoms with Crippen molar-refractivity contribution in [2.24, 2.45) is 12.0 Å². The number of nitrogens with zero attached hydrogens (tertiary/aromatic N) is 4. The van der Waals surface area contributed by atoms with Crippen LogP contribution in [0.15, 0.2) is 41.7 Å². The molecule has 3 rings (SSSR count). The molecule has 1 atom stereocenters. The average molecular weight is 506 g/mol. The van der Waals surface area contributed by atoms with Crippen LogP contribution in [0.25, 0.3) is 0 Å². The standard InChI is InChI=1S/C21H26N6O.HI/c1-4-16-7-6-8-19(11-16)25-20(28)13-23-21(22-5-2)27-10-9-17(15-27)18-12-24-26(3)14-18;/h1,6-8,11-12,14,17H,5,9-10,13,15H2,2-3H3,(H,22,23)(H,25,28);1H. The van der Waals surface area contributed by atoms with Crippen molar-refractivity contribution < 1.29 is 4.79 Å². The van der Waals surface area contributed by atoms with Crippen LogP contribution in [-0.2, 0) is 11.8 Å². The fourth-order valence-corrected chi connectivity index (χ4v) is 3.34. The van der Waals surface area contributed by atoms with Gasteiger partial charge in [-0.3, -0.25) is 9.48 Å². The van der Waals surface area contributed by atoms with Gasteiger partial charge < -0.3 is 15.5 Å². The highest BCUT2D eigenvalue weighted by atomic mass is 127. The molecule has 1 aromatic carbocycles. The number of carbonyl (C=O) groups is 1. The molecular weight excluding hydrogens is 479 g/mol. The van der Waals surface area contributed by atoms with Crippen molar-refractivity contribution in [1.29, 1.82) is 0 Å². The van der Waals surface area contributed by atoms with Gasteiger partial charge in [-0.05, 0) is 37.1 Å². The van der Waals surface area contributed by atoms with Crippen LogP contribution in [-0.4, -0.2) is 52.7 Å². The molecular formula is C21H27IN6O. The number of aromatic nitrogens is 2. The number of anilines is 1. The van der Waals surface area contributed by atoms with Crippen molar-refractivity contribution >= 4 is 41.5 Å². The third-order valence-electron chi connectivity index (χ3n) is 4.70. The van der Waals surface area contributed by atoms with Gasteiger partial charge >= 0.3 is 0 Å². The number of aryl methyl sites for hydroxylation is 1. The number of terminal acetylenes is 1. The molecule has 0 saturated carbocycles. The Labute approximate surface area is 189 Å². The summed E-state index contributed by atoms with van der Waals surface area (Å²) >= 11 is 0. The number of likely N-dealkylation sites (tertiary alicyclic amines) is 1. The fourth-order valence-electron chi connectivity index (χ4n) is 3.34. The van der Waals surface area contributed by atoms with Gasteiger partial charge in [0, 0.05) is 50.0 Å². The number of aliphatic imine (C=N–C) groups is 1. The van der Waals surface area contributed by atoms with Gasteiger partial charge in [-0.15, -0.1) is 30.4 Å². The maximum atomic E-state index is 12.3. The van der Waals surface area contributed by atoms with E-state index in [1.54, 1.807) is 6.07 Å².